The fourth-order valence-electron chi connectivity index (χ4n) is 3.19. The van der Waals surface area contributed by atoms with Gasteiger partial charge in [-0.25, -0.2) is 9.50 Å². The Kier molecular flexibility index (Phi) is 4.42. The van der Waals surface area contributed by atoms with Crippen LogP contribution in [0.2, 0.25) is 10.0 Å². The van der Waals surface area contributed by atoms with E-state index in [-0.39, 0.29) is 11.9 Å². The Hall–Kier alpha value is -2.37. The van der Waals surface area contributed by atoms with Crippen molar-refractivity contribution in [1.29, 1.82) is 0 Å². The van der Waals surface area contributed by atoms with Crippen LogP contribution < -0.4 is 0 Å². The van der Waals surface area contributed by atoms with E-state index >= 15 is 0 Å². The van der Waals surface area contributed by atoms with Gasteiger partial charge in [-0.05, 0) is 36.6 Å². The molecule has 3 heterocycles. The summed E-state index contributed by atoms with van der Waals surface area (Å²) in [6, 6.07) is 9.54. The zero-order chi connectivity index (χ0) is 18.3. The minimum Gasteiger partial charge on any atom is -0.330 e. The summed E-state index contributed by atoms with van der Waals surface area (Å²) >= 11 is 11.9. The molecule has 0 fully saturated rings. The lowest BCUT2D eigenvalue weighted by atomic mass is 9.94. The summed E-state index contributed by atoms with van der Waals surface area (Å²) < 4.78 is 1.53. The second-order valence-electron chi connectivity index (χ2n) is 6.35. The van der Waals surface area contributed by atoms with Crippen molar-refractivity contribution in [2.45, 2.75) is 19.4 Å². The van der Waals surface area contributed by atoms with Crippen LogP contribution in [0.5, 0.6) is 0 Å². The van der Waals surface area contributed by atoms with Crippen molar-refractivity contribution >= 4 is 40.3 Å². The highest BCUT2D eigenvalue weighted by molar-refractivity contribution is 6.30. The molecule has 0 aliphatic carbocycles. The van der Waals surface area contributed by atoms with Crippen LogP contribution in [0.4, 0.5) is 0 Å². The van der Waals surface area contributed by atoms with Gasteiger partial charge in [-0.2, -0.15) is 5.10 Å². The number of rotatable bonds is 2. The molecule has 26 heavy (non-hydrogen) atoms. The normalized spacial score (nSPS) is 17.4. The predicted molar refractivity (Wildman–Crippen MR) is 103 cm³/mol. The Morgan fingerprint density at radius 3 is 2.69 bits per heavy atom. The number of amides is 1. The van der Waals surface area contributed by atoms with Gasteiger partial charge in [0.15, 0.2) is 11.3 Å². The van der Waals surface area contributed by atoms with Crippen molar-refractivity contribution in [2.75, 3.05) is 6.54 Å². The van der Waals surface area contributed by atoms with E-state index in [2.05, 4.69) is 16.2 Å². The second-order valence-corrected chi connectivity index (χ2v) is 7.22. The molecule has 132 valence electrons. The molecule has 2 aromatic heterocycles. The van der Waals surface area contributed by atoms with Crippen LogP contribution >= 0.6 is 23.2 Å². The smallest absolute Gasteiger partial charge is 0.274 e. The van der Waals surface area contributed by atoms with Gasteiger partial charge in [-0.15, -0.1) is 0 Å². The first-order valence-corrected chi connectivity index (χ1v) is 9.04. The fraction of sp³-hybridized carbons (Fsp3) is 0.211. The molecule has 0 saturated carbocycles. The number of carbonyl (C=O) groups is 1. The van der Waals surface area contributed by atoms with Gasteiger partial charge in [0.25, 0.3) is 5.91 Å². The van der Waals surface area contributed by atoms with E-state index in [0.29, 0.717) is 22.9 Å². The summed E-state index contributed by atoms with van der Waals surface area (Å²) in [5, 5.41) is 5.50. The highest BCUT2D eigenvalue weighted by Gasteiger charge is 2.27. The van der Waals surface area contributed by atoms with Gasteiger partial charge in [0, 0.05) is 29.9 Å². The summed E-state index contributed by atoms with van der Waals surface area (Å²) in [7, 11) is 0. The molecule has 1 aliphatic heterocycles. The first-order valence-electron chi connectivity index (χ1n) is 8.28. The summed E-state index contributed by atoms with van der Waals surface area (Å²) in [5.74, 6) is -0.106. The summed E-state index contributed by atoms with van der Waals surface area (Å²) in [4.78, 5) is 18.9. The lowest BCUT2D eigenvalue weighted by molar-refractivity contribution is 0.0705. The van der Waals surface area contributed by atoms with Gasteiger partial charge < -0.3 is 4.90 Å². The van der Waals surface area contributed by atoms with E-state index in [1.54, 1.807) is 12.3 Å². The van der Waals surface area contributed by atoms with Crippen LogP contribution in [0, 0.1) is 0 Å². The van der Waals surface area contributed by atoms with E-state index in [4.69, 9.17) is 23.2 Å². The van der Waals surface area contributed by atoms with E-state index < -0.39 is 0 Å². The molecule has 1 amide bonds. The number of aromatic nitrogens is 3. The molecule has 1 aromatic carbocycles. The van der Waals surface area contributed by atoms with Crippen molar-refractivity contribution in [2.24, 2.45) is 0 Å². The SMILES string of the molecule is CC1CC(c2ccc(Cl)cc2)=CCN1C(=O)c1cc2ncc(Cl)cn2n1. The topological polar surface area (TPSA) is 50.5 Å². The van der Waals surface area contributed by atoms with Gasteiger partial charge in [-0.1, -0.05) is 41.4 Å². The van der Waals surface area contributed by atoms with Crippen LogP contribution in [-0.2, 0) is 0 Å². The first kappa shape index (κ1) is 17.1. The molecule has 1 atom stereocenters. The Balaban J connectivity index is 1.57. The average Bonchev–Trinajstić information content (AvgIpc) is 3.05. The summed E-state index contributed by atoms with van der Waals surface area (Å²) in [6.07, 6.45) is 6.05. The molecule has 4 rings (SSSR count). The van der Waals surface area contributed by atoms with E-state index in [1.165, 1.54) is 16.3 Å². The highest BCUT2D eigenvalue weighted by atomic mass is 35.5. The van der Waals surface area contributed by atoms with E-state index in [9.17, 15) is 4.79 Å². The van der Waals surface area contributed by atoms with Crippen molar-refractivity contribution in [1.82, 2.24) is 19.5 Å². The molecular formula is C19H16Cl2N4O. The van der Waals surface area contributed by atoms with Crippen LogP contribution in [0.3, 0.4) is 0 Å². The standard InChI is InChI=1S/C19H16Cl2N4O/c1-12-8-14(13-2-4-15(20)5-3-13)6-7-24(12)19(26)17-9-18-22-10-16(21)11-25(18)23-17/h2-6,9-12H,7-8H2,1H3. The Labute approximate surface area is 160 Å². The predicted octanol–water partition coefficient (Wildman–Crippen LogP) is 4.35. The van der Waals surface area contributed by atoms with Gasteiger partial charge in [0.05, 0.1) is 11.2 Å². The van der Waals surface area contributed by atoms with Crippen LogP contribution in [0.15, 0.2) is 48.8 Å². The first-order chi connectivity index (χ1) is 12.5. The van der Waals surface area contributed by atoms with Crippen LogP contribution in [0.1, 0.15) is 29.4 Å². The molecule has 0 bridgehead atoms. The molecule has 3 aromatic rings. The van der Waals surface area contributed by atoms with Crippen LogP contribution in [-0.4, -0.2) is 38.0 Å². The quantitative estimate of drug-likeness (QED) is 0.657. The van der Waals surface area contributed by atoms with Gasteiger partial charge >= 0.3 is 0 Å². The number of hydrogen-bond acceptors (Lipinski definition) is 3. The molecule has 0 N–H and O–H groups in total. The highest BCUT2D eigenvalue weighted by Crippen LogP contribution is 2.28. The summed E-state index contributed by atoms with van der Waals surface area (Å²) in [6.45, 7) is 2.59. The summed E-state index contributed by atoms with van der Waals surface area (Å²) in [5.41, 5.74) is 3.33. The molecule has 1 unspecified atom stereocenters. The maximum atomic E-state index is 12.9. The van der Waals surface area contributed by atoms with Crippen LogP contribution in [0.25, 0.3) is 11.2 Å². The Morgan fingerprint density at radius 1 is 1.19 bits per heavy atom. The third-order valence-electron chi connectivity index (χ3n) is 4.56. The minimum absolute atomic E-state index is 0.0690. The number of carbonyl (C=O) groups excluding carboxylic acids is 1. The lowest BCUT2D eigenvalue weighted by Crippen LogP contribution is -2.41. The third-order valence-corrected chi connectivity index (χ3v) is 5.01. The molecule has 0 saturated heterocycles. The molecule has 0 spiro atoms. The second kappa shape index (κ2) is 6.74. The van der Waals surface area contributed by atoms with Crippen molar-refractivity contribution in [3.8, 4) is 0 Å². The average molecular weight is 387 g/mol. The maximum Gasteiger partial charge on any atom is 0.274 e. The number of hydrogen-bond donors (Lipinski definition) is 0. The minimum atomic E-state index is -0.106. The Bertz CT molecular complexity index is 1010. The zero-order valence-electron chi connectivity index (χ0n) is 14.1. The number of nitrogens with zero attached hydrogens (tertiary/aromatic N) is 4. The fourth-order valence-corrected chi connectivity index (χ4v) is 3.46. The monoisotopic (exact) mass is 386 g/mol. The number of halogens is 2. The van der Waals surface area contributed by atoms with Crippen molar-refractivity contribution < 1.29 is 4.79 Å². The largest absolute Gasteiger partial charge is 0.330 e. The lowest BCUT2D eigenvalue weighted by Gasteiger charge is -2.32. The van der Waals surface area contributed by atoms with E-state index in [1.807, 2.05) is 36.1 Å². The molecular weight excluding hydrogens is 371 g/mol. The van der Waals surface area contributed by atoms with E-state index in [0.717, 1.165) is 17.0 Å². The zero-order valence-corrected chi connectivity index (χ0v) is 15.6. The maximum absolute atomic E-state index is 12.9. The van der Waals surface area contributed by atoms with Crippen molar-refractivity contribution in [3.05, 3.63) is 70.1 Å². The molecule has 0 radical (unpaired) electrons. The molecule has 1 aliphatic rings. The van der Waals surface area contributed by atoms with Gasteiger partial charge in [-0.3, -0.25) is 4.79 Å². The van der Waals surface area contributed by atoms with Gasteiger partial charge in [0.1, 0.15) is 0 Å². The van der Waals surface area contributed by atoms with Crippen molar-refractivity contribution in [3.63, 3.8) is 0 Å². The molecule has 5 nitrogen and oxygen atoms in total. The Morgan fingerprint density at radius 2 is 1.96 bits per heavy atom. The molecule has 7 heteroatoms. The number of benzene rings is 1. The number of fused-ring (bicyclic) bond motifs is 1. The van der Waals surface area contributed by atoms with Gasteiger partial charge in [0.2, 0.25) is 0 Å². The third kappa shape index (κ3) is 3.20.